The van der Waals surface area contributed by atoms with Crippen LogP contribution in [-0.2, 0) is 4.79 Å². The Morgan fingerprint density at radius 3 is 2.56 bits per heavy atom. The minimum absolute atomic E-state index is 0.0106. The van der Waals surface area contributed by atoms with Crippen LogP contribution in [0.25, 0.3) is 5.57 Å². The minimum atomic E-state index is -0.757. The summed E-state index contributed by atoms with van der Waals surface area (Å²) in [7, 11) is 3.16. The van der Waals surface area contributed by atoms with E-state index in [-0.39, 0.29) is 5.75 Å². The molecule has 2 rings (SSSR count). The van der Waals surface area contributed by atoms with Crippen molar-refractivity contribution in [3.63, 3.8) is 0 Å². The maximum absolute atomic E-state index is 13.5. The van der Waals surface area contributed by atoms with Gasteiger partial charge in [0.25, 0.3) is 0 Å². The number of hydrogen-bond donors (Lipinski definition) is 1. The number of hydrogen-bond acceptors (Lipinski definition) is 3. The Bertz CT molecular complexity index is 875. The number of allylic oxidation sites excluding steroid dienone is 2. The van der Waals surface area contributed by atoms with Crippen molar-refractivity contribution in [2.45, 2.75) is 0 Å². The number of para-hydroxylation sites is 1. The van der Waals surface area contributed by atoms with Crippen LogP contribution in [0.15, 0.2) is 60.2 Å². The van der Waals surface area contributed by atoms with Crippen molar-refractivity contribution in [2.75, 3.05) is 19.4 Å². The molecule has 0 radical (unpaired) electrons. The lowest BCUT2D eigenvalue weighted by molar-refractivity contribution is -0.114. The van der Waals surface area contributed by atoms with Gasteiger partial charge in [-0.05, 0) is 6.07 Å². The van der Waals surface area contributed by atoms with Gasteiger partial charge in [-0.15, -0.1) is 0 Å². The SMILES string of the molecule is C=C/C(=C\N(C)C=O)c1cccc(NC=NC)c1Oc1cc(F)cc(F)c1. The summed E-state index contributed by atoms with van der Waals surface area (Å²) in [5.74, 6) is -1.23. The number of halogens is 2. The highest BCUT2D eigenvalue weighted by Crippen LogP contribution is 2.37. The van der Waals surface area contributed by atoms with E-state index >= 15 is 0 Å². The Kier molecular flexibility index (Phi) is 6.82. The summed E-state index contributed by atoms with van der Waals surface area (Å²) in [5.41, 5.74) is 1.66. The van der Waals surface area contributed by atoms with E-state index in [4.69, 9.17) is 4.74 Å². The van der Waals surface area contributed by atoms with E-state index in [1.165, 1.54) is 11.2 Å². The summed E-state index contributed by atoms with van der Waals surface area (Å²) in [6, 6.07) is 8.14. The lowest BCUT2D eigenvalue weighted by Crippen LogP contribution is -2.08. The summed E-state index contributed by atoms with van der Waals surface area (Å²) >= 11 is 0. The second kappa shape index (κ2) is 9.28. The topological polar surface area (TPSA) is 53.9 Å². The number of carbonyl (C=O) groups excluding carboxylic acids is 1. The van der Waals surface area contributed by atoms with E-state index in [1.807, 2.05) is 0 Å². The molecule has 0 saturated heterocycles. The zero-order chi connectivity index (χ0) is 19.8. The quantitative estimate of drug-likeness (QED) is 0.323. The second-order valence-electron chi connectivity index (χ2n) is 5.48. The normalized spacial score (nSPS) is 11.3. The number of nitrogens with one attached hydrogen (secondary N) is 1. The fraction of sp³-hybridized carbons (Fsp3) is 0.100. The van der Waals surface area contributed by atoms with Gasteiger partial charge in [0, 0.05) is 49.6 Å². The summed E-state index contributed by atoms with van der Waals surface area (Å²) in [6.45, 7) is 3.76. The van der Waals surface area contributed by atoms with Gasteiger partial charge in [0.1, 0.15) is 17.4 Å². The van der Waals surface area contributed by atoms with E-state index in [1.54, 1.807) is 44.6 Å². The highest BCUT2D eigenvalue weighted by Gasteiger charge is 2.15. The molecule has 0 aliphatic carbocycles. The third kappa shape index (κ3) is 5.24. The van der Waals surface area contributed by atoms with Crippen molar-refractivity contribution in [2.24, 2.45) is 4.99 Å². The number of aliphatic imine (C=N–C) groups is 1. The fourth-order valence-corrected chi connectivity index (χ4v) is 2.31. The minimum Gasteiger partial charge on any atom is -0.454 e. The van der Waals surface area contributed by atoms with Crippen molar-refractivity contribution >= 4 is 24.0 Å². The van der Waals surface area contributed by atoms with Crippen LogP contribution < -0.4 is 10.1 Å². The van der Waals surface area contributed by atoms with Gasteiger partial charge in [-0.3, -0.25) is 9.79 Å². The van der Waals surface area contributed by atoms with Gasteiger partial charge >= 0.3 is 0 Å². The van der Waals surface area contributed by atoms with Gasteiger partial charge in [-0.25, -0.2) is 8.78 Å². The van der Waals surface area contributed by atoms with Crippen LogP contribution in [0.2, 0.25) is 0 Å². The summed E-state index contributed by atoms with van der Waals surface area (Å²) in [4.78, 5) is 16.1. The molecule has 1 N–H and O–H groups in total. The molecular weight excluding hydrogens is 352 g/mol. The Morgan fingerprint density at radius 2 is 1.96 bits per heavy atom. The van der Waals surface area contributed by atoms with Crippen molar-refractivity contribution in [1.82, 2.24) is 4.90 Å². The standard InChI is InChI=1S/C20H19F2N3O2/c1-4-14(11-25(3)13-26)18-6-5-7-19(24-12-23-2)20(18)27-17-9-15(21)8-16(22)10-17/h4-13H,1H2,2-3H3,(H,23,24)/b14-11+. The van der Waals surface area contributed by atoms with Crippen LogP contribution >= 0.6 is 0 Å². The molecule has 1 amide bonds. The molecule has 2 aromatic rings. The highest BCUT2D eigenvalue weighted by atomic mass is 19.1. The lowest BCUT2D eigenvalue weighted by Gasteiger charge is -2.17. The molecule has 5 nitrogen and oxygen atoms in total. The Hall–Kier alpha value is -3.48. The average molecular weight is 371 g/mol. The predicted octanol–water partition coefficient (Wildman–Crippen LogP) is 4.44. The van der Waals surface area contributed by atoms with Crippen LogP contribution in [0.3, 0.4) is 0 Å². The molecule has 0 bridgehead atoms. The molecule has 0 saturated carbocycles. The van der Waals surface area contributed by atoms with E-state index in [2.05, 4.69) is 16.9 Å². The molecule has 0 fully saturated rings. The smallest absolute Gasteiger partial charge is 0.213 e. The van der Waals surface area contributed by atoms with E-state index in [0.29, 0.717) is 29.0 Å². The molecular formula is C20H19F2N3O2. The maximum atomic E-state index is 13.5. The van der Waals surface area contributed by atoms with Crippen molar-refractivity contribution in [3.8, 4) is 11.5 Å². The molecule has 0 spiro atoms. The molecule has 0 unspecified atom stereocenters. The first-order valence-electron chi connectivity index (χ1n) is 7.94. The largest absolute Gasteiger partial charge is 0.454 e. The van der Waals surface area contributed by atoms with Gasteiger partial charge < -0.3 is 15.0 Å². The van der Waals surface area contributed by atoms with Crippen molar-refractivity contribution in [3.05, 3.63) is 72.5 Å². The number of carbonyl (C=O) groups is 1. The zero-order valence-electron chi connectivity index (χ0n) is 14.9. The number of nitrogens with zero attached hydrogens (tertiary/aromatic N) is 2. The molecule has 140 valence electrons. The molecule has 2 aromatic carbocycles. The number of benzene rings is 2. The summed E-state index contributed by atoms with van der Waals surface area (Å²) in [5, 5.41) is 2.95. The monoisotopic (exact) mass is 371 g/mol. The first-order chi connectivity index (χ1) is 13.0. The fourth-order valence-electron chi connectivity index (χ4n) is 2.31. The summed E-state index contributed by atoms with van der Waals surface area (Å²) < 4.78 is 32.9. The predicted molar refractivity (Wildman–Crippen MR) is 103 cm³/mol. The van der Waals surface area contributed by atoms with E-state index in [9.17, 15) is 13.6 Å². The van der Waals surface area contributed by atoms with Gasteiger partial charge in [0.05, 0.1) is 12.0 Å². The Balaban J connectivity index is 2.61. The van der Waals surface area contributed by atoms with Gasteiger partial charge in [-0.1, -0.05) is 24.8 Å². The first-order valence-corrected chi connectivity index (χ1v) is 7.94. The average Bonchev–Trinajstić information content (AvgIpc) is 2.64. The van der Waals surface area contributed by atoms with Gasteiger partial charge in [0.2, 0.25) is 6.41 Å². The van der Waals surface area contributed by atoms with Crippen LogP contribution in [0.5, 0.6) is 11.5 Å². The van der Waals surface area contributed by atoms with Crippen molar-refractivity contribution < 1.29 is 18.3 Å². The molecule has 0 aliphatic rings. The molecule has 27 heavy (non-hydrogen) atoms. The number of rotatable bonds is 8. The van der Waals surface area contributed by atoms with Gasteiger partial charge in [-0.2, -0.15) is 0 Å². The highest BCUT2D eigenvalue weighted by molar-refractivity contribution is 5.87. The van der Waals surface area contributed by atoms with Crippen LogP contribution in [0.4, 0.5) is 14.5 Å². The molecule has 0 aliphatic heterocycles. The van der Waals surface area contributed by atoms with Crippen LogP contribution in [-0.4, -0.2) is 31.7 Å². The molecule has 7 heteroatoms. The van der Waals surface area contributed by atoms with Crippen LogP contribution in [0, 0.1) is 11.6 Å². The van der Waals surface area contributed by atoms with Crippen molar-refractivity contribution in [1.29, 1.82) is 0 Å². The van der Waals surface area contributed by atoms with Crippen LogP contribution in [0.1, 0.15) is 5.56 Å². The van der Waals surface area contributed by atoms with E-state index in [0.717, 1.165) is 18.2 Å². The maximum Gasteiger partial charge on any atom is 0.213 e. The number of ether oxygens (including phenoxy) is 1. The molecule has 0 atom stereocenters. The first kappa shape index (κ1) is 19.8. The third-order valence-corrected chi connectivity index (χ3v) is 3.46. The Labute approximate surface area is 156 Å². The Morgan fingerprint density at radius 1 is 1.26 bits per heavy atom. The second-order valence-corrected chi connectivity index (χ2v) is 5.48. The third-order valence-electron chi connectivity index (χ3n) is 3.46. The van der Waals surface area contributed by atoms with E-state index < -0.39 is 11.6 Å². The number of anilines is 1. The number of amides is 1. The van der Waals surface area contributed by atoms with Gasteiger partial charge in [0.15, 0.2) is 5.75 Å². The zero-order valence-corrected chi connectivity index (χ0v) is 14.9. The molecule has 0 aromatic heterocycles. The summed E-state index contributed by atoms with van der Waals surface area (Å²) in [6.07, 6.45) is 5.20. The molecule has 0 heterocycles. The lowest BCUT2D eigenvalue weighted by atomic mass is 10.0.